The fourth-order valence-electron chi connectivity index (χ4n) is 5.58. The van der Waals surface area contributed by atoms with E-state index in [2.05, 4.69) is 35.6 Å². The van der Waals surface area contributed by atoms with Gasteiger partial charge in [-0.15, -0.1) is 0 Å². The van der Waals surface area contributed by atoms with Crippen molar-refractivity contribution in [2.24, 2.45) is 45.9 Å². The standard InChI is InChI=1S/C20H32N6O6.C19H31N7O6/c1-10(2)15(22)19(29)25-16(11(3)4)20(30)31-7-12(6-27)32-9-26-8-23-17-13(28)5-14(21)24-18(17)26;1-9(2)12(20)16(28)23-13(10(3)4)18(30)31-6-11(5-27)32-8-26-7-22-14-15(26)24-19(21)25-17(14)29/h8,10-12,15-16,27H,5-7,9,22H2,1-4H3,(H2,21,24)(H,25,29);7,9-13,27H,5-6,8,20H2,1-4H3,(H,23,28)(H3,21,24,25,29)/t12-,15-,16-;11-,12+,13+/m01/s1. The van der Waals surface area contributed by atoms with E-state index < -0.39 is 78.9 Å². The van der Waals surface area contributed by atoms with Crippen molar-refractivity contribution in [1.29, 1.82) is 0 Å². The van der Waals surface area contributed by atoms with Crippen LogP contribution in [0, 0.1) is 23.7 Å². The molecule has 0 radical (unpaired) electrons. The van der Waals surface area contributed by atoms with Gasteiger partial charge < -0.3 is 62.7 Å². The molecule has 13 N–H and O–H groups in total. The van der Waals surface area contributed by atoms with Crippen molar-refractivity contribution in [3.05, 3.63) is 28.7 Å². The highest BCUT2D eigenvalue weighted by atomic mass is 16.6. The molecule has 1 aliphatic rings. The van der Waals surface area contributed by atoms with E-state index in [1.165, 1.54) is 21.8 Å². The van der Waals surface area contributed by atoms with Crippen LogP contribution in [0.1, 0.15) is 72.3 Å². The Balaban J connectivity index is 0.000000340. The Bertz CT molecular complexity index is 2150. The van der Waals surface area contributed by atoms with E-state index in [4.69, 9.17) is 41.9 Å². The van der Waals surface area contributed by atoms with Crippen LogP contribution in [0.5, 0.6) is 0 Å². The van der Waals surface area contributed by atoms with Crippen molar-refractivity contribution in [3.63, 3.8) is 0 Å². The number of nitrogens with one attached hydrogen (secondary N) is 3. The molecule has 0 bridgehead atoms. The highest BCUT2D eigenvalue weighted by molar-refractivity contribution is 6.13. The van der Waals surface area contributed by atoms with Gasteiger partial charge in [0.05, 0.1) is 44.4 Å². The third kappa shape index (κ3) is 14.6. The second kappa shape index (κ2) is 24.3. The number of ketones is 1. The molecule has 3 aromatic rings. The van der Waals surface area contributed by atoms with Crippen LogP contribution in [0.4, 0.5) is 11.8 Å². The van der Waals surface area contributed by atoms with Gasteiger partial charge in [0.2, 0.25) is 17.8 Å². The molecular formula is C39H63N13O12. The number of imidazole rings is 2. The number of nitrogen functional groups attached to an aromatic ring is 1. The summed E-state index contributed by atoms with van der Waals surface area (Å²) in [5, 5.41) is 24.4. The second-order valence-corrected chi connectivity index (χ2v) is 16.4. The number of anilines is 1. The lowest BCUT2D eigenvalue weighted by molar-refractivity contribution is -0.156. The Morgan fingerprint density at radius 3 is 1.67 bits per heavy atom. The number of aliphatic imine (C=N–C) groups is 1. The molecule has 25 nitrogen and oxygen atoms in total. The van der Waals surface area contributed by atoms with Gasteiger partial charge in [-0.2, -0.15) is 4.98 Å². The molecule has 356 valence electrons. The smallest absolute Gasteiger partial charge is 0.328 e. The number of amidine groups is 1. The molecule has 4 rings (SSSR count). The number of aromatic amines is 1. The topological polar surface area (TPSA) is 385 Å². The van der Waals surface area contributed by atoms with Crippen molar-refractivity contribution >= 4 is 58.3 Å². The first-order valence-corrected chi connectivity index (χ1v) is 20.6. The van der Waals surface area contributed by atoms with Gasteiger partial charge in [-0.1, -0.05) is 55.4 Å². The van der Waals surface area contributed by atoms with Gasteiger partial charge >= 0.3 is 11.9 Å². The molecule has 6 atom stereocenters. The minimum Gasteiger partial charge on any atom is -0.461 e. The fourth-order valence-corrected chi connectivity index (χ4v) is 5.58. The summed E-state index contributed by atoms with van der Waals surface area (Å²) in [7, 11) is 0. The van der Waals surface area contributed by atoms with Crippen LogP contribution in [0.25, 0.3) is 11.2 Å². The molecule has 1 aliphatic heterocycles. The number of amides is 2. The van der Waals surface area contributed by atoms with Crippen molar-refractivity contribution < 1.29 is 53.1 Å². The summed E-state index contributed by atoms with van der Waals surface area (Å²) in [5.74, 6) is -2.73. The van der Waals surface area contributed by atoms with Gasteiger partial charge in [0, 0.05) is 0 Å². The van der Waals surface area contributed by atoms with Crippen molar-refractivity contribution in [1.82, 2.24) is 39.7 Å². The minimum absolute atomic E-state index is 0.00964. The molecule has 0 unspecified atom stereocenters. The Labute approximate surface area is 369 Å². The lowest BCUT2D eigenvalue weighted by Gasteiger charge is -2.25. The highest BCUT2D eigenvalue weighted by Gasteiger charge is 2.31. The number of nitrogens with two attached hydrogens (primary N) is 4. The number of aromatic nitrogens is 6. The van der Waals surface area contributed by atoms with Crippen LogP contribution < -0.4 is 39.1 Å². The molecule has 0 saturated heterocycles. The van der Waals surface area contributed by atoms with Crippen LogP contribution in [-0.2, 0) is 51.6 Å². The maximum absolute atomic E-state index is 12.5. The number of hydrogen-bond donors (Lipinski definition) is 9. The number of hydrogen-bond acceptors (Lipinski definition) is 20. The summed E-state index contributed by atoms with van der Waals surface area (Å²) in [6, 6.07) is -3.29. The second-order valence-electron chi connectivity index (χ2n) is 16.4. The normalized spacial score (nSPS) is 15.4. The fraction of sp³-hybridized carbons (Fsp3) is 0.641. The maximum atomic E-state index is 12.5. The first-order chi connectivity index (χ1) is 30.1. The number of carbonyl (C=O) groups excluding carboxylic acids is 5. The van der Waals surface area contributed by atoms with Crippen LogP contribution in [0.2, 0.25) is 0 Å². The van der Waals surface area contributed by atoms with E-state index in [0.29, 0.717) is 0 Å². The molecule has 2 amide bonds. The summed E-state index contributed by atoms with van der Waals surface area (Å²) in [6.07, 6.45) is 1.02. The number of carbonyl (C=O) groups is 5. The van der Waals surface area contributed by atoms with Gasteiger partial charge in [0.25, 0.3) is 5.56 Å². The summed E-state index contributed by atoms with van der Waals surface area (Å²) in [5.41, 5.74) is 22.9. The van der Waals surface area contributed by atoms with E-state index >= 15 is 0 Å². The predicted molar refractivity (Wildman–Crippen MR) is 230 cm³/mol. The predicted octanol–water partition coefficient (Wildman–Crippen LogP) is -1.84. The zero-order chi connectivity index (χ0) is 48.0. The number of esters is 2. The summed E-state index contributed by atoms with van der Waals surface area (Å²) in [6.45, 7) is 12.7. The zero-order valence-corrected chi connectivity index (χ0v) is 37.3. The number of Topliss-reactive ketones (excluding diaryl/α,β-unsaturated/α-hetero) is 1. The number of aliphatic hydroxyl groups is 2. The average Bonchev–Trinajstić information content (AvgIpc) is 3.84. The number of rotatable bonds is 22. The first-order valence-electron chi connectivity index (χ1n) is 20.6. The van der Waals surface area contributed by atoms with Crippen LogP contribution >= 0.6 is 0 Å². The molecule has 25 heteroatoms. The molecule has 0 aliphatic carbocycles. The first kappa shape index (κ1) is 52.5. The summed E-state index contributed by atoms with van der Waals surface area (Å²) in [4.78, 5) is 91.8. The third-order valence-corrected chi connectivity index (χ3v) is 9.77. The van der Waals surface area contributed by atoms with Crippen LogP contribution in [0.3, 0.4) is 0 Å². The minimum atomic E-state index is -0.900. The Hall–Kier alpha value is -5.86. The number of H-pyrrole nitrogens is 1. The summed E-state index contributed by atoms with van der Waals surface area (Å²) >= 11 is 0. The lowest BCUT2D eigenvalue weighted by Crippen LogP contribution is -2.52. The number of aliphatic hydroxyl groups excluding tert-OH is 2. The Morgan fingerprint density at radius 1 is 0.750 bits per heavy atom. The Kier molecular flexibility index (Phi) is 19.9. The molecule has 0 fully saturated rings. The van der Waals surface area contributed by atoms with E-state index in [1.807, 2.05) is 13.8 Å². The van der Waals surface area contributed by atoms with Crippen LogP contribution in [-0.4, -0.2) is 137 Å². The number of ether oxygens (including phenoxy) is 4. The van der Waals surface area contributed by atoms with E-state index in [-0.39, 0.29) is 97.0 Å². The van der Waals surface area contributed by atoms with Crippen LogP contribution in [0.15, 0.2) is 22.4 Å². The SMILES string of the molecule is CC(C)[C@H](N)C(=O)N[C@H](C(=O)OC[C@@H](CO)OCn1cnc2c(=O)[nH]c(N)nc21)C(C)C.CC(C)[C@H](N)C(=O)N[C@H](C(=O)OC[C@H](CO)OCn1cnc2c1N=C(N)CC2=O)C(C)C. The van der Waals surface area contributed by atoms with E-state index in [1.54, 1.807) is 41.5 Å². The third-order valence-electron chi connectivity index (χ3n) is 9.77. The molecule has 3 aromatic heterocycles. The van der Waals surface area contributed by atoms with Gasteiger partial charge in [0.15, 0.2) is 28.5 Å². The molecule has 0 saturated carbocycles. The van der Waals surface area contributed by atoms with Gasteiger partial charge in [0.1, 0.15) is 56.8 Å². The Morgan fingerprint density at radius 2 is 1.22 bits per heavy atom. The van der Waals surface area contributed by atoms with Crippen molar-refractivity contribution in [2.75, 3.05) is 32.2 Å². The zero-order valence-electron chi connectivity index (χ0n) is 37.3. The summed E-state index contributed by atoms with van der Waals surface area (Å²) < 4.78 is 24.6. The van der Waals surface area contributed by atoms with E-state index in [0.717, 1.165) is 0 Å². The number of fused-ring (bicyclic) bond motifs is 2. The maximum Gasteiger partial charge on any atom is 0.328 e. The van der Waals surface area contributed by atoms with Crippen molar-refractivity contribution in [2.45, 2.75) is 112 Å². The van der Waals surface area contributed by atoms with Gasteiger partial charge in [-0.3, -0.25) is 33.3 Å². The average molecular weight is 906 g/mol. The molecule has 64 heavy (non-hydrogen) atoms. The lowest BCUT2D eigenvalue weighted by atomic mass is 10.0. The molecule has 0 aromatic carbocycles. The highest BCUT2D eigenvalue weighted by Crippen LogP contribution is 2.24. The monoisotopic (exact) mass is 905 g/mol. The van der Waals surface area contributed by atoms with Gasteiger partial charge in [-0.05, 0) is 23.7 Å². The molecular weight excluding hydrogens is 843 g/mol. The molecule has 0 spiro atoms. The van der Waals surface area contributed by atoms with Crippen molar-refractivity contribution in [3.8, 4) is 0 Å². The van der Waals surface area contributed by atoms with Gasteiger partial charge in [-0.25, -0.2) is 24.5 Å². The quantitative estimate of drug-likeness (QED) is 0.0500. The number of nitrogens with zero attached hydrogens (tertiary/aromatic N) is 6. The van der Waals surface area contributed by atoms with E-state index in [9.17, 15) is 39.0 Å². The molecule has 4 heterocycles. The largest absolute Gasteiger partial charge is 0.461 e.